The van der Waals surface area contributed by atoms with Gasteiger partial charge in [0.15, 0.2) is 20.3 Å². The lowest BCUT2D eigenvalue weighted by Gasteiger charge is -2.03. The molecule has 0 aliphatic carbocycles. The topological polar surface area (TPSA) is 115 Å². The molecule has 0 bridgehead atoms. The van der Waals surface area contributed by atoms with Crippen molar-refractivity contribution in [3.63, 3.8) is 0 Å². The molecule has 0 atom stereocenters. The molecule has 3 rings (SSSR count). The maximum Gasteiger partial charge on any atom is 0.322 e. The summed E-state index contributed by atoms with van der Waals surface area (Å²) in [5.41, 5.74) is 0. The molecule has 0 spiro atoms. The summed E-state index contributed by atoms with van der Waals surface area (Å²) in [6.07, 6.45) is -0.235. The number of anilines is 1. The number of aromatic nitrogens is 2. The van der Waals surface area contributed by atoms with E-state index in [0.29, 0.717) is 10.4 Å². The average molecular weight is 426 g/mol. The summed E-state index contributed by atoms with van der Waals surface area (Å²) in [6.45, 7) is 0. The number of furan rings is 1. The van der Waals surface area contributed by atoms with Crippen LogP contribution < -0.4 is 5.32 Å². The summed E-state index contributed by atoms with van der Waals surface area (Å²) in [5.74, 6) is -0.436. The van der Waals surface area contributed by atoms with Gasteiger partial charge in [0, 0.05) is 6.42 Å². The number of amides is 1. The van der Waals surface area contributed by atoms with Gasteiger partial charge in [-0.05, 0) is 40.2 Å². The van der Waals surface area contributed by atoms with E-state index in [4.69, 9.17) is 8.83 Å². The summed E-state index contributed by atoms with van der Waals surface area (Å²) in [6, 6.07) is 11.1. The van der Waals surface area contributed by atoms with Gasteiger partial charge in [-0.3, -0.25) is 10.1 Å². The number of rotatable bonds is 6. The van der Waals surface area contributed by atoms with Crippen molar-refractivity contribution in [2.75, 3.05) is 11.1 Å². The largest absolute Gasteiger partial charge is 0.444 e. The van der Waals surface area contributed by atoms with Crippen molar-refractivity contribution in [1.82, 2.24) is 10.2 Å². The van der Waals surface area contributed by atoms with Gasteiger partial charge in [-0.25, -0.2) is 8.42 Å². The zero-order valence-corrected chi connectivity index (χ0v) is 15.1. The van der Waals surface area contributed by atoms with Crippen LogP contribution >= 0.6 is 15.9 Å². The highest BCUT2D eigenvalue weighted by Gasteiger charge is 2.18. The standard InChI is InChI=1S/C15H12BrN3O5S/c16-12-7-6-11(23-12)14-18-19-15(24-14)17-13(20)8-9-25(21,22)10-4-2-1-3-5-10/h1-7H,8-9H2,(H,17,19,20). The van der Waals surface area contributed by atoms with Crippen LogP contribution in [-0.4, -0.2) is 30.3 Å². The molecular weight excluding hydrogens is 414 g/mol. The molecule has 0 aliphatic heterocycles. The monoisotopic (exact) mass is 425 g/mol. The number of carbonyl (C=O) groups is 1. The van der Waals surface area contributed by atoms with Crippen LogP contribution in [0.25, 0.3) is 11.7 Å². The fraction of sp³-hybridized carbons (Fsp3) is 0.133. The Bertz CT molecular complexity index is 982. The van der Waals surface area contributed by atoms with E-state index < -0.39 is 15.7 Å². The van der Waals surface area contributed by atoms with Gasteiger partial charge in [0.2, 0.25) is 5.91 Å². The Morgan fingerprint density at radius 3 is 2.52 bits per heavy atom. The number of nitrogens with one attached hydrogen (secondary N) is 1. The fourth-order valence-corrected chi connectivity index (χ4v) is 3.53. The van der Waals surface area contributed by atoms with Crippen molar-refractivity contribution in [2.45, 2.75) is 11.3 Å². The lowest BCUT2D eigenvalue weighted by molar-refractivity contribution is -0.115. The van der Waals surface area contributed by atoms with Gasteiger partial charge in [-0.1, -0.05) is 23.3 Å². The van der Waals surface area contributed by atoms with Crippen molar-refractivity contribution in [2.24, 2.45) is 0 Å². The molecular formula is C15H12BrN3O5S. The first kappa shape index (κ1) is 17.4. The van der Waals surface area contributed by atoms with Crippen molar-refractivity contribution < 1.29 is 22.0 Å². The van der Waals surface area contributed by atoms with Gasteiger partial charge in [-0.2, -0.15) is 0 Å². The van der Waals surface area contributed by atoms with Gasteiger partial charge in [0.25, 0.3) is 5.89 Å². The number of hydrogen-bond donors (Lipinski definition) is 1. The second-order valence-electron chi connectivity index (χ2n) is 4.95. The van der Waals surface area contributed by atoms with Gasteiger partial charge in [0.1, 0.15) is 0 Å². The molecule has 130 valence electrons. The van der Waals surface area contributed by atoms with Crippen LogP contribution in [0.3, 0.4) is 0 Å². The molecule has 0 radical (unpaired) electrons. The van der Waals surface area contributed by atoms with Gasteiger partial charge in [-0.15, -0.1) is 5.10 Å². The summed E-state index contributed by atoms with van der Waals surface area (Å²) in [7, 11) is -3.53. The Balaban J connectivity index is 1.59. The van der Waals surface area contributed by atoms with Crippen molar-refractivity contribution >= 4 is 37.7 Å². The number of nitrogens with zero attached hydrogens (tertiary/aromatic N) is 2. The van der Waals surface area contributed by atoms with Gasteiger partial charge < -0.3 is 8.83 Å². The van der Waals surface area contributed by atoms with Crippen LogP contribution in [0.4, 0.5) is 6.01 Å². The molecule has 25 heavy (non-hydrogen) atoms. The Morgan fingerprint density at radius 2 is 1.84 bits per heavy atom. The van der Waals surface area contributed by atoms with Crippen LogP contribution in [0.1, 0.15) is 6.42 Å². The molecule has 0 unspecified atom stereocenters. The normalized spacial score (nSPS) is 11.4. The first-order chi connectivity index (χ1) is 11.9. The SMILES string of the molecule is O=C(CCS(=O)(=O)c1ccccc1)Nc1nnc(-c2ccc(Br)o2)o1. The molecule has 3 aromatic rings. The Morgan fingerprint density at radius 1 is 1.08 bits per heavy atom. The van der Waals surface area contributed by atoms with E-state index in [1.165, 1.54) is 12.1 Å². The molecule has 0 saturated carbocycles. The van der Waals surface area contributed by atoms with E-state index in [2.05, 4.69) is 31.4 Å². The molecule has 2 heterocycles. The smallest absolute Gasteiger partial charge is 0.322 e. The van der Waals surface area contributed by atoms with Crippen molar-refractivity contribution in [3.05, 3.63) is 47.1 Å². The molecule has 0 fully saturated rings. The summed E-state index contributed by atoms with van der Waals surface area (Å²) in [5, 5.41) is 9.78. The van der Waals surface area contributed by atoms with Gasteiger partial charge in [0.05, 0.1) is 10.6 Å². The zero-order chi connectivity index (χ0) is 17.9. The maximum atomic E-state index is 12.1. The average Bonchev–Trinajstić information content (AvgIpc) is 3.23. The second-order valence-corrected chi connectivity index (χ2v) is 7.84. The van der Waals surface area contributed by atoms with E-state index in [9.17, 15) is 13.2 Å². The van der Waals surface area contributed by atoms with Crippen molar-refractivity contribution in [1.29, 1.82) is 0 Å². The van der Waals surface area contributed by atoms with Crippen molar-refractivity contribution in [3.8, 4) is 11.7 Å². The number of carbonyl (C=O) groups excluding carboxylic acids is 1. The predicted octanol–water partition coefficient (Wildman–Crippen LogP) is 2.89. The highest BCUT2D eigenvalue weighted by atomic mass is 79.9. The molecule has 8 nitrogen and oxygen atoms in total. The quantitative estimate of drug-likeness (QED) is 0.645. The third kappa shape index (κ3) is 4.34. The minimum atomic E-state index is -3.53. The number of halogens is 1. The molecule has 1 aromatic carbocycles. The van der Waals surface area contributed by atoms with Gasteiger partial charge >= 0.3 is 6.01 Å². The zero-order valence-electron chi connectivity index (χ0n) is 12.7. The highest BCUT2D eigenvalue weighted by molar-refractivity contribution is 9.10. The first-order valence-corrected chi connectivity index (χ1v) is 9.55. The van der Waals surface area contributed by atoms with Crippen LogP contribution in [0.5, 0.6) is 0 Å². The number of benzene rings is 1. The van der Waals surface area contributed by atoms with E-state index in [1.54, 1.807) is 30.3 Å². The van der Waals surface area contributed by atoms with E-state index in [-0.39, 0.29) is 29.0 Å². The van der Waals surface area contributed by atoms with Crippen LogP contribution in [0.15, 0.2) is 60.9 Å². The molecule has 2 aromatic heterocycles. The Labute approximate surface area is 151 Å². The van der Waals surface area contributed by atoms with Crippen LogP contribution in [-0.2, 0) is 14.6 Å². The predicted molar refractivity (Wildman–Crippen MR) is 91.4 cm³/mol. The minimum Gasteiger partial charge on any atom is -0.444 e. The van der Waals surface area contributed by atoms with E-state index >= 15 is 0 Å². The lowest BCUT2D eigenvalue weighted by Crippen LogP contribution is -2.17. The van der Waals surface area contributed by atoms with Crippen LogP contribution in [0, 0.1) is 0 Å². The molecule has 10 heteroatoms. The summed E-state index contributed by atoms with van der Waals surface area (Å²) in [4.78, 5) is 12.1. The summed E-state index contributed by atoms with van der Waals surface area (Å²) >= 11 is 3.15. The minimum absolute atomic E-state index is 0.0953. The van der Waals surface area contributed by atoms with E-state index in [1.807, 2.05) is 0 Å². The Kier molecular flexibility index (Phi) is 5.00. The third-order valence-electron chi connectivity index (χ3n) is 3.16. The lowest BCUT2D eigenvalue weighted by atomic mass is 10.4. The first-order valence-electron chi connectivity index (χ1n) is 7.11. The summed E-state index contributed by atoms with van der Waals surface area (Å²) < 4.78 is 35.3. The Hall–Kier alpha value is -2.46. The van der Waals surface area contributed by atoms with E-state index in [0.717, 1.165) is 0 Å². The molecule has 0 saturated heterocycles. The number of hydrogen-bond acceptors (Lipinski definition) is 7. The second kappa shape index (κ2) is 7.19. The third-order valence-corrected chi connectivity index (χ3v) is 5.31. The molecule has 1 N–H and O–H groups in total. The molecule has 1 amide bonds. The molecule has 0 aliphatic rings. The maximum absolute atomic E-state index is 12.1. The highest BCUT2D eigenvalue weighted by Crippen LogP contribution is 2.24. The fourth-order valence-electron chi connectivity index (χ4n) is 1.96. The van der Waals surface area contributed by atoms with Crippen LogP contribution in [0.2, 0.25) is 0 Å². The number of sulfone groups is 1.